The van der Waals surface area contributed by atoms with Crippen molar-refractivity contribution in [2.75, 3.05) is 6.61 Å². The van der Waals surface area contributed by atoms with Gasteiger partial charge in [-0.1, -0.05) is 54.6 Å². The number of rotatable bonds is 5. The lowest BCUT2D eigenvalue weighted by atomic mass is 10.1. The standard InChI is InChI=1S/C10H10O3.C9H8O3/c1-2-13-10(12)9(11)8-6-4-3-5-7-8;1-6-4-2-3-5-7(6)8(10)9(11)12/h3-7H,2H2,1H3;2-5H,1H3,(H,11,12). The molecule has 0 unspecified atom stereocenters. The molecule has 6 nitrogen and oxygen atoms in total. The molecule has 0 radical (unpaired) electrons. The molecule has 0 aliphatic carbocycles. The van der Waals surface area contributed by atoms with Crippen molar-refractivity contribution >= 4 is 23.5 Å². The van der Waals surface area contributed by atoms with Crippen LogP contribution in [0, 0.1) is 6.92 Å². The summed E-state index contributed by atoms with van der Waals surface area (Å²) in [4.78, 5) is 43.5. The Kier molecular flexibility index (Phi) is 7.72. The van der Waals surface area contributed by atoms with Gasteiger partial charge in [0, 0.05) is 11.1 Å². The molecule has 2 aromatic carbocycles. The fourth-order valence-corrected chi connectivity index (χ4v) is 1.85. The maximum absolute atomic E-state index is 11.3. The molecule has 0 spiro atoms. The summed E-state index contributed by atoms with van der Waals surface area (Å²) >= 11 is 0. The van der Waals surface area contributed by atoms with Crippen LogP contribution in [0.3, 0.4) is 0 Å². The zero-order chi connectivity index (χ0) is 18.8. The van der Waals surface area contributed by atoms with Crippen LogP contribution >= 0.6 is 0 Å². The number of Topliss-reactive ketones (excluding diaryl/α,β-unsaturated/α-hetero) is 2. The highest BCUT2D eigenvalue weighted by atomic mass is 16.5. The number of hydrogen-bond donors (Lipinski definition) is 1. The van der Waals surface area contributed by atoms with E-state index in [9.17, 15) is 19.2 Å². The van der Waals surface area contributed by atoms with E-state index in [1.54, 1.807) is 62.4 Å². The number of aliphatic carboxylic acids is 1. The second kappa shape index (κ2) is 9.77. The van der Waals surface area contributed by atoms with Crippen molar-refractivity contribution in [3.8, 4) is 0 Å². The third-order valence-electron chi connectivity index (χ3n) is 3.08. The van der Waals surface area contributed by atoms with Crippen molar-refractivity contribution in [1.82, 2.24) is 0 Å². The van der Waals surface area contributed by atoms with Crippen LogP contribution in [0.25, 0.3) is 0 Å². The maximum Gasteiger partial charge on any atom is 0.379 e. The number of carboxylic acid groups (broad SMARTS) is 1. The predicted molar refractivity (Wildman–Crippen MR) is 90.6 cm³/mol. The lowest BCUT2D eigenvalue weighted by molar-refractivity contribution is -0.137. The van der Waals surface area contributed by atoms with Gasteiger partial charge in [0.15, 0.2) is 0 Å². The Balaban J connectivity index is 0.000000251. The molecule has 130 valence electrons. The summed E-state index contributed by atoms with van der Waals surface area (Å²) in [7, 11) is 0. The summed E-state index contributed by atoms with van der Waals surface area (Å²) in [5.74, 6) is -3.66. The third kappa shape index (κ3) is 6.02. The molecular formula is C19H18O6. The van der Waals surface area contributed by atoms with E-state index in [-0.39, 0.29) is 12.2 Å². The summed E-state index contributed by atoms with van der Waals surface area (Å²) in [6.45, 7) is 3.59. The number of aryl methyl sites for hydroxylation is 1. The molecule has 25 heavy (non-hydrogen) atoms. The van der Waals surface area contributed by atoms with E-state index in [1.165, 1.54) is 6.07 Å². The fraction of sp³-hybridized carbons (Fsp3) is 0.158. The Morgan fingerprint density at radius 3 is 1.96 bits per heavy atom. The van der Waals surface area contributed by atoms with Crippen LogP contribution in [0.5, 0.6) is 0 Å². The number of benzene rings is 2. The average molecular weight is 342 g/mol. The van der Waals surface area contributed by atoms with Gasteiger partial charge in [-0.3, -0.25) is 9.59 Å². The summed E-state index contributed by atoms with van der Waals surface area (Å²) in [5, 5.41) is 8.41. The van der Waals surface area contributed by atoms with E-state index >= 15 is 0 Å². The number of carbonyl (C=O) groups is 4. The van der Waals surface area contributed by atoms with Gasteiger partial charge >= 0.3 is 11.9 Å². The number of ether oxygens (including phenoxy) is 1. The fourth-order valence-electron chi connectivity index (χ4n) is 1.85. The summed E-state index contributed by atoms with van der Waals surface area (Å²) < 4.78 is 4.57. The smallest absolute Gasteiger partial charge is 0.379 e. The van der Waals surface area contributed by atoms with E-state index in [0.717, 1.165) is 0 Å². The Hall–Kier alpha value is -3.28. The molecule has 0 heterocycles. The molecule has 2 aromatic rings. The molecule has 0 aliphatic rings. The second-order valence-corrected chi connectivity index (χ2v) is 4.86. The lowest BCUT2D eigenvalue weighted by Gasteiger charge is -1.99. The maximum atomic E-state index is 11.3. The molecule has 1 N–H and O–H groups in total. The quantitative estimate of drug-likeness (QED) is 0.510. The normalized spacial score (nSPS) is 9.36. The third-order valence-corrected chi connectivity index (χ3v) is 3.08. The number of esters is 1. The number of carbonyl (C=O) groups excluding carboxylic acids is 3. The average Bonchev–Trinajstić information content (AvgIpc) is 2.62. The van der Waals surface area contributed by atoms with E-state index in [2.05, 4.69) is 4.74 Å². The minimum absolute atomic E-state index is 0.220. The van der Waals surface area contributed by atoms with Crippen LogP contribution in [-0.2, 0) is 14.3 Å². The van der Waals surface area contributed by atoms with Crippen LogP contribution in [0.2, 0.25) is 0 Å². The molecule has 2 rings (SSSR count). The molecule has 6 heteroatoms. The molecule has 0 aliphatic heterocycles. The van der Waals surface area contributed by atoms with Crippen LogP contribution in [0.1, 0.15) is 33.2 Å². The second-order valence-electron chi connectivity index (χ2n) is 4.86. The SMILES string of the molecule is CCOC(=O)C(=O)c1ccccc1.Cc1ccccc1C(=O)C(=O)O. The van der Waals surface area contributed by atoms with Gasteiger partial charge in [-0.25, -0.2) is 9.59 Å². The van der Waals surface area contributed by atoms with Crippen LogP contribution in [0.4, 0.5) is 0 Å². The Morgan fingerprint density at radius 1 is 0.880 bits per heavy atom. The van der Waals surface area contributed by atoms with E-state index < -0.39 is 23.5 Å². The van der Waals surface area contributed by atoms with Crippen molar-refractivity contribution in [2.24, 2.45) is 0 Å². The van der Waals surface area contributed by atoms with Gasteiger partial charge in [0.05, 0.1) is 6.61 Å². The lowest BCUT2D eigenvalue weighted by Crippen LogP contribution is -2.17. The number of ketones is 2. The molecule has 0 saturated heterocycles. The first-order chi connectivity index (χ1) is 11.9. The Bertz CT molecular complexity index is 764. The van der Waals surface area contributed by atoms with Gasteiger partial charge in [-0.05, 0) is 19.4 Å². The minimum Gasteiger partial charge on any atom is -0.475 e. The molecule has 0 aromatic heterocycles. The van der Waals surface area contributed by atoms with Crippen molar-refractivity contribution in [2.45, 2.75) is 13.8 Å². The summed E-state index contributed by atoms with van der Waals surface area (Å²) in [5.41, 5.74) is 1.30. The number of carboxylic acids is 1. The van der Waals surface area contributed by atoms with Crippen molar-refractivity contribution in [3.63, 3.8) is 0 Å². The monoisotopic (exact) mass is 342 g/mol. The van der Waals surface area contributed by atoms with Crippen molar-refractivity contribution in [3.05, 3.63) is 71.3 Å². The van der Waals surface area contributed by atoms with E-state index in [1.807, 2.05) is 0 Å². The molecule has 0 saturated carbocycles. The van der Waals surface area contributed by atoms with Gasteiger partial charge in [0.25, 0.3) is 11.6 Å². The van der Waals surface area contributed by atoms with Crippen molar-refractivity contribution < 1.29 is 29.0 Å². The highest BCUT2D eigenvalue weighted by Gasteiger charge is 2.16. The Labute approximate surface area is 145 Å². The first kappa shape index (κ1) is 19.8. The minimum atomic E-state index is -1.41. The molecule has 0 fully saturated rings. The van der Waals surface area contributed by atoms with Crippen LogP contribution in [-0.4, -0.2) is 35.2 Å². The van der Waals surface area contributed by atoms with Gasteiger partial charge in [-0.2, -0.15) is 0 Å². The van der Waals surface area contributed by atoms with Crippen LogP contribution < -0.4 is 0 Å². The van der Waals surface area contributed by atoms with Gasteiger partial charge < -0.3 is 9.84 Å². The summed E-state index contributed by atoms with van der Waals surface area (Å²) in [6.07, 6.45) is 0. The summed E-state index contributed by atoms with van der Waals surface area (Å²) in [6, 6.07) is 15.0. The largest absolute Gasteiger partial charge is 0.475 e. The number of hydrogen-bond acceptors (Lipinski definition) is 5. The zero-order valence-electron chi connectivity index (χ0n) is 13.9. The molecule has 0 atom stereocenters. The first-order valence-electron chi connectivity index (χ1n) is 7.48. The highest BCUT2D eigenvalue weighted by Crippen LogP contribution is 2.07. The molecular weight excluding hydrogens is 324 g/mol. The van der Waals surface area contributed by atoms with Gasteiger partial charge in [0.1, 0.15) is 0 Å². The van der Waals surface area contributed by atoms with Crippen LogP contribution in [0.15, 0.2) is 54.6 Å². The molecule has 0 amide bonds. The van der Waals surface area contributed by atoms with E-state index in [4.69, 9.17) is 5.11 Å². The Morgan fingerprint density at radius 2 is 1.44 bits per heavy atom. The topological polar surface area (TPSA) is 97.7 Å². The van der Waals surface area contributed by atoms with Gasteiger partial charge in [0.2, 0.25) is 0 Å². The van der Waals surface area contributed by atoms with E-state index in [0.29, 0.717) is 11.1 Å². The first-order valence-corrected chi connectivity index (χ1v) is 7.48. The van der Waals surface area contributed by atoms with Crippen molar-refractivity contribution in [1.29, 1.82) is 0 Å². The van der Waals surface area contributed by atoms with Gasteiger partial charge in [-0.15, -0.1) is 0 Å². The molecule has 0 bridgehead atoms. The zero-order valence-corrected chi connectivity index (χ0v) is 13.9. The predicted octanol–water partition coefficient (Wildman–Crippen LogP) is 2.69. The highest BCUT2D eigenvalue weighted by molar-refractivity contribution is 6.40.